The van der Waals surface area contributed by atoms with Crippen LogP contribution in [0.4, 0.5) is 5.69 Å². The number of hydrogen-bond acceptors (Lipinski definition) is 6. The van der Waals surface area contributed by atoms with Crippen LogP contribution in [0.5, 0.6) is 0 Å². The molecule has 0 radical (unpaired) electrons. The third kappa shape index (κ3) is 3.00. The first-order valence-corrected chi connectivity index (χ1v) is 9.86. The number of aromatic nitrogens is 1. The van der Waals surface area contributed by atoms with Gasteiger partial charge in [-0.1, -0.05) is 6.07 Å². The molecule has 1 fully saturated rings. The van der Waals surface area contributed by atoms with Gasteiger partial charge < -0.3 is 19.1 Å². The molecule has 0 saturated carbocycles. The number of hydrogen-bond donors (Lipinski definition) is 1. The summed E-state index contributed by atoms with van der Waals surface area (Å²) in [6.45, 7) is 3.79. The van der Waals surface area contributed by atoms with Crippen molar-refractivity contribution >= 4 is 50.3 Å². The summed E-state index contributed by atoms with van der Waals surface area (Å²) in [6, 6.07) is 13.5. The predicted octanol–water partition coefficient (Wildman–Crippen LogP) is 3.62. The topological polar surface area (TPSA) is 71.5 Å². The Labute approximate surface area is 168 Å². The molecule has 136 valence electrons. The SMILES string of the molecule is O=c1oc2cc(N3CCNCC3)ccc2cc1-c1nc2c(I)cccc2o1. The van der Waals surface area contributed by atoms with E-state index in [4.69, 9.17) is 8.83 Å². The quantitative estimate of drug-likeness (QED) is 0.355. The highest BCUT2D eigenvalue weighted by molar-refractivity contribution is 14.1. The summed E-state index contributed by atoms with van der Waals surface area (Å²) in [6.07, 6.45) is 0. The number of piperazine rings is 1. The van der Waals surface area contributed by atoms with Crippen molar-refractivity contribution in [1.82, 2.24) is 10.3 Å². The van der Waals surface area contributed by atoms with Crippen LogP contribution in [0, 0.1) is 3.57 Å². The average Bonchev–Trinajstić information content (AvgIpc) is 3.13. The maximum absolute atomic E-state index is 12.6. The Bertz CT molecular complexity index is 1210. The fourth-order valence-electron chi connectivity index (χ4n) is 3.40. The summed E-state index contributed by atoms with van der Waals surface area (Å²) in [5, 5.41) is 4.19. The van der Waals surface area contributed by atoms with Crippen molar-refractivity contribution in [2.75, 3.05) is 31.1 Å². The molecular weight excluding hydrogens is 457 g/mol. The molecule has 1 aliphatic rings. The molecule has 0 unspecified atom stereocenters. The van der Waals surface area contributed by atoms with Gasteiger partial charge in [0.15, 0.2) is 5.58 Å². The van der Waals surface area contributed by atoms with Crippen LogP contribution in [0.3, 0.4) is 0 Å². The molecule has 3 heterocycles. The third-order valence-electron chi connectivity index (χ3n) is 4.80. The molecule has 0 aliphatic carbocycles. The van der Waals surface area contributed by atoms with Crippen molar-refractivity contribution in [1.29, 1.82) is 0 Å². The number of nitrogens with zero attached hydrogens (tertiary/aromatic N) is 2. The second-order valence-electron chi connectivity index (χ2n) is 6.51. The Hall–Kier alpha value is -2.39. The predicted molar refractivity (Wildman–Crippen MR) is 113 cm³/mol. The van der Waals surface area contributed by atoms with E-state index in [1.165, 1.54) is 0 Å². The van der Waals surface area contributed by atoms with E-state index in [9.17, 15) is 4.79 Å². The lowest BCUT2D eigenvalue weighted by atomic mass is 10.1. The fourth-order valence-corrected chi connectivity index (χ4v) is 3.99. The molecule has 0 atom stereocenters. The Morgan fingerprint density at radius 3 is 2.70 bits per heavy atom. The largest absolute Gasteiger partial charge is 0.436 e. The molecule has 0 amide bonds. The fraction of sp³-hybridized carbons (Fsp3) is 0.200. The van der Waals surface area contributed by atoms with Crippen molar-refractivity contribution < 1.29 is 8.83 Å². The highest BCUT2D eigenvalue weighted by Crippen LogP contribution is 2.28. The molecule has 0 bridgehead atoms. The van der Waals surface area contributed by atoms with E-state index in [0.29, 0.717) is 16.7 Å². The first kappa shape index (κ1) is 16.8. The summed E-state index contributed by atoms with van der Waals surface area (Å²) >= 11 is 2.21. The van der Waals surface area contributed by atoms with Gasteiger partial charge in [-0.25, -0.2) is 9.78 Å². The van der Waals surface area contributed by atoms with Gasteiger partial charge >= 0.3 is 5.63 Å². The van der Waals surface area contributed by atoms with E-state index in [1.54, 1.807) is 6.07 Å². The molecule has 1 aliphatic heterocycles. The van der Waals surface area contributed by atoms with Crippen molar-refractivity contribution in [2.24, 2.45) is 0 Å². The molecule has 2 aromatic heterocycles. The van der Waals surface area contributed by atoms with Crippen molar-refractivity contribution in [3.8, 4) is 11.5 Å². The molecule has 5 rings (SSSR count). The van der Waals surface area contributed by atoms with E-state index in [2.05, 4.69) is 43.9 Å². The molecule has 1 N–H and O–H groups in total. The van der Waals surface area contributed by atoms with Crippen molar-refractivity contribution in [3.63, 3.8) is 0 Å². The van der Waals surface area contributed by atoms with Gasteiger partial charge in [0.05, 0.1) is 0 Å². The number of anilines is 1. The van der Waals surface area contributed by atoms with Crippen LogP contribution in [0.15, 0.2) is 56.1 Å². The highest BCUT2D eigenvalue weighted by Gasteiger charge is 2.17. The lowest BCUT2D eigenvalue weighted by Gasteiger charge is -2.29. The zero-order chi connectivity index (χ0) is 18.4. The number of oxazole rings is 1. The van der Waals surface area contributed by atoms with E-state index in [1.807, 2.05) is 30.3 Å². The summed E-state index contributed by atoms with van der Waals surface area (Å²) in [5.41, 5.74) is 2.94. The van der Waals surface area contributed by atoms with Gasteiger partial charge in [-0.3, -0.25) is 0 Å². The van der Waals surface area contributed by atoms with Crippen LogP contribution in [0.2, 0.25) is 0 Å². The highest BCUT2D eigenvalue weighted by atomic mass is 127. The van der Waals surface area contributed by atoms with Gasteiger partial charge in [0, 0.05) is 46.9 Å². The van der Waals surface area contributed by atoms with Crippen molar-refractivity contribution in [2.45, 2.75) is 0 Å². The molecular formula is C20H16IN3O3. The van der Waals surface area contributed by atoms with Crippen LogP contribution in [0.1, 0.15) is 0 Å². The van der Waals surface area contributed by atoms with Gasteiger partial charge in [0.2, 0.25) is 5.89 Å². The van der Waals surface area contributed by atoms with E-state index in [-0.39, 0.29) is 5.89 Å². The summed E-state index contributed by atoms with van der Waals surface area (Å²) in [5.74, 6) is 0.288. The maximum atomic E-state index is 12.6. The second kappa shape index (κ2) is 6.65. The number of halogens is 1. The second-order valence-corrected chi connectivity index (χ2v) is 7.67. The van der Waals surface area contributed by atoms with Crippen LogP contribution in [-0.4, -0.2) is 31.2 Å². The monoisotopic (exact) mass is 473 g/mol. The first-order chi connectivity index (χ1) is 13.2. The van der Waals surface area contributed by atoms with Gasteiger partial charge in [-0.15, -0.1) is 0 Å². The number of fused-ring (bicyclic) bond motifs is 2. The Morgan fingerprint density at radius 2 is 1.89 bits per heavy atom. The minimum Gasteiger partial charge on any atom is -0.436 e. The Morgan fingerprint density at radius 1 is 1.04 bits per heavy atom. The lowest BCUT2D eigenvalue weighted by molar-refractivity contribution is 0.552. The zero-order valence-electron chi connectivity index (χ0n) is 14.4. The van der Waals surface area contributed by atoms with E-state index in [0.717, 1.165) is 46.3 Å². The van der Waals surface area contributed by atoms with Crippen LogP contribution < -0.4 is 15.8 Å². The normalized spacial score (nSPS) is 14.9. The number of rotatable bonds is 2. The molecule has 1 saturated heterocycles. The summed E-state index contributed by atoms with van der Waals surface area (Å²) in [4.78, 5) is 19.4. The smallest absolute Gasteiger partial charge is 0.349 e. The number of benzene rings is 2. The lowest BCUT2D eigenvalue weighted by Crippen LogP contribution is -2.43. The molecule has 2 aromatic carbocycles. The molecule has 0 spiro atoms. The molecule has 7 heteroatoms. The zero-order valence-corrected chi connectivity index (χ0v) is 16.5. The standard InChI is InChI=1S/C20H16IN3O3/c21-15-2-1-3-16-18(15)23-19(26-16)14-10-12-4-5-13(11-17(12)27-20(14)25)24-8-6-22-7-9-24/h1-5,10-11,22H,6-9H2. The summed E-state index contributed by atoms with van der Waals surface area (Å²) in [7, 11) is 0. The van der Waals surface area contributed by atoms with E-state index >= 15 is 0 Å². The van der Waals surface area contributed by atoms with Gasteiger partial charge in [-0.05, 0) is 52.9 Å². The van der Waals surface area contributed by atoms with Gasteiger partial charge in [-0.2, -0.15) is 0 Å². The third-order valence-corrected chi connectivity index (χ3v) is 5.67. The minimum absolute atomic E-state index is 0.288. The van der Waals surface area contributed by atoms with Crippen LogP contribution in [-0.2, 0) is 0 Å². The van der Waals surface area contributed by atoms with Crippen LogP contribution in [0.25, 0.3) is 33.5 Å². The molecule has 6 nitrogen and oxygen atoms in total. The molecule has 27 heavy (non-hydrogen) atoms. The van der Waals surface area contributed by atoms with Crippen LogP contribution >= 0.6 is 22.6 Å². The maximum Gasteiger partial charge on any atom is 0.349 e. The summed E-state index contributed by atoms with van der Waals surface area (Å²) < 4.78 is 12.4. The Kier molecular flexibility index (Phi) is 4.13. The number of para-hydroxylation sites is 1. The van der Waals surface area contributed by atoms with E-state index < -0.39 is 5.63 Å². The van der Waals surface area contributed by atoms with Crippen molar-refractivity contribution in [3.05, 3.63) is 56.5 Å². The first-order valence-electron chi connectivity index (χ1n) is 8.78. The van der Waals surface area contributed by atoms with Gasteiger partial charge in [0.25, 0.3) is 0 Å². The average molecular weight is 473 g/mol. The van der Waals surface area contributed by atoms with Gasteiger partial charge in [0.1, 0.15) is 16.7 Å². The molecule has 4 aromatic rings. The Balaban J connectivity index is 1.60. The minimum atomic E-state index is -0.443. The number of nitrogens with one attached hydrogen (secondary N) is 1.